The maximum atomic E-state index is 12.4. The van der Waals surface area contributed by atoms with Crippen LogP contribution in [0.4, 0.5) is 17.3 Å². The fourth-order valence-electron chi connectivity index (χ4n) is 10.2. The summed E-state index contributed by atoms with van der Waals surface area (Å²) in [5.74, 6) is 1.78. The predicted octanol–water partition coefficient (Wildman–Crippen LogP) is 9.52. The van der Waals surface area contributed by atoms with Gasteiger partial charge in [-0.15, -0.1) is 0 Å². The molecule has 0 radical (unpaired) electrons. The Morgan fingerprint density at radius 2 is 1.44 bits per heavy atom. The largest absolute Gasteiger partial charge is 0.356 e. The van der Waals surface area contributed by atoms with Crippen LogP contribution in [0.25, 0.3) is 88.9 Å². The molecule has 6 N–H and O–H groups in total. The van der Waals surface area contributed by atoms with Crippen LogP contribution in [0.15, 0.2) is 91.9 Å². The molecular weight excluding hydrogens is 877 g/mol. The second-order valence-electron chi connectivity index (χ2n) is 18.9. The molecule has 17 nitrogen and oxygen atoms in total. The van der Waals surface area contributed by atoms with Crippen molar-refractivity contribution in [3.63, 3.8) is 0 Å². The minimum Gasteiger partial charge on any atom is -0.356 e. The van der Waals surface area contributed by atoms with Gasteiger partial charge in [-0.3, -0.25) is 34.9 Å². The molecule has 2 aliphatic rings. The van der Waals surface area contributed by atoms with Gasteiger partial charge in [0.15, 0.2) is 0 Å². The molecule has 10 aromatic heterocycles. The molecule has 0 saturated carbocycles. The summed E-state index contributed by atoms with van der Waals surface area (Å²) in [5.41, 5.74) is 13.2. The molecule has 2 saturated heterocycles. The summed E-state index contributed by atoms with van der Waals surface area (Å²) < 4.78 is 0. The van der Waals surface area contributed by atoms with Gasteiger partial charge >= 0.3 is 0 Å². The zero-order valence-electron chi connectivity index (χ0n) is 39.5. The molecule has 1 unspecified atom stereocenters. The summed E-state index contributed by atoms with van der Waals surface area (Å²) in [6, 6.07) is 16.7. The second kappa shape index (κ2) is 18.1. The number of H-pyrrole nitrogens is 4. The lowest BCUT2D eigenvalue weighted by Gasteiger charge is -2.34. The third-order valence-corrected chi connectivity index (χ3v) is 13.9. The van der Waals surface area contributed by atoms with Gasteiger partial charge < -0.3 is 30.4 Å². The van der Waals surface area contributed by atoms with E-state index in [0.29, 0.717) is 12.2 Å². The molecule has 17 heteroatoms. The zero-order valence-corrected chi connectivity index (χ0v) is 39.5. The van der Waals surface area contributed by atoms with E-state index in [4.69, 9.17) is 30.1 Å². The molecule has 0 bridgehead atoms. The normalized spacial score (nSPS) is 15.6. The van der Waals surface area contributed by atoms with Crippen molar-refractivity contribution >= 4 is 66.8 Å². The molecule has 12 heterocycles. The number of nitrogens with zero attached hydrogens (tertiary/aromatic N) is 10. The van der Waals surface area contributed by atoms with Gasteiger partial charge in [-0.25, -0.2) is 9.97 Å². The van der Waals surface area contributed by atoms with Gasteiger partial charge in [0.2, 0.25) is 5.91 Å². The highest BCUT2D eigenvalue weighted by Gasteiger charge is 2.30. The topological polar surface area (TPSA) is 214 Å². The average Bonchev–Trinajstić information content (AvgIpc) is 4.23. The number of fused-ring (bicyclic) bond motifs is 4. The monoisotopic (exact) mass is 930 g/mol. The molecule has 1 atom stereocenters. The lowest BCUT2D eigenvalue weighted by Crippen LogP contribution is -2.35. The first kappa shape index (κ1) is 43.2. The van der Waals surface area contributed by atoms with E-state index in [-0.39, 0.29) is 17.7 Å². The third kappa shape index (κ3) is 8.04. The van der Waals surface area contributed by atoms with E-state index in [1.807, 2.05) is 56.8 Å². The third-order valence-electron chi connectivity index (χ3n) is 13.9. The Bertz CT molecular complexity index is 3560. The molecule has 0 spiro atoms. The predicted molar refractivity (Wildman–Crippen MR) is 276 cm³/mol. The van der Waals surface area contributed by atoms with E-state index in [2.05, 4.69) is 87.8 Å². The van der Waals surface area contributed by atoms with Gasteiger partial charge in [0.05, 0.1) is 68.8 Å². The van der Waals surface area contributed by atoms with Crippen molar-refractivity contribution in [2.24, 2.45) is 5.92 Å². The fourth-order valence-corrected chi connectivity index (χ4v) is 10.2. The van der Waals surface area contributed by atoms with Crippen LogP contribution in [-0.4, -0.2) is 98.9 Å². The minimum atomic E-state index is -0.153. The second-order valence-corrected chi connectivity index (χ2v) is 18.9. The number of aromatic nitrogens is 12. The number of hydrogen-bond donors (Lipinski definition) is 6. The molecule has 70 heavy (non-hydrogen) atoms. The van der Waals surface area contributed by atoms with Crippen molar-refractivity contribution in [2.45, 2.75) is 65.3 Å². The SMILES string of the molecule is CCNCc1cncc(-c2cc3c(-c4cc5c(N6CCCCC6)nccc5[nH]4)[nH]nc3c(C3CCCN(c4nccc5[nH]c(-c6n[nH]c7cnc(-c8cncc(NC(=O)C(C)C)c8)cc67)cc45)C3)n2)c1. The Balaban J connectivity index is 0.894. The Kier molecular flexibility index (Phi) is 11.2. The van der Waals surface area contributed by atoms with E-state index in [1.165, 1.54) is 19.3 Å². The maximum absolute atomic E-state index is 12.4. The summed E-state index contributed by atoms with van der Waals surface area (Å²) in [6.07, 6.45) is 18.3. The smallest absolute Gasteiger partial charge is 0.226 e. The number of pyridine rings is 6. The van der Waals surface area contributed by atoms with Crippen molar-refractivity contribution < 1.29 is 4.79 Å². The number of aromatic amines is 4. The van der Waals surface area contributed by atoms with E-state index in [9.17, 15) is 4.79 Å². The number of piperidine rings is 2. The van der Waals surface area contributed by atoms with Crippen molar-refractivity contribution in [1.82, 2.24) is 65.6 Å². The maximum Gasteiger partial charge on any atom is 0.226 e. The molecule has 10 aromatic rings. The number of nitrogens with one attached hydrogen (secondary N) is 6. The van der Waals surface area contributed by atoms with Crippen LogP contribution in [0, 0.1) is 5.92 Å². The number of hydrogen-bond acceptors (Lipinski definition) is 12. The summed E-state index contributed by atoms with van der Waals surface area (Å²) in [6.45, 7) is 11.0. The zero-order chi connectivity index (χ0) is 47.3. The van der Waals surface area contributed by atoms with Gasteiger partial charge in [0, 0.05) is 108 Å². The van der Waals surface area contributed by atoms with E-state index in [1.54, 1.807) is 18.6 Å². The number of carbonyl (C=O) groups is 1. The van der Waals surface area contributed by atoms with Crippen molar-refractivity contribution in [2.75, 3.05) is 47.8 Å². The highest BCUT2D eigenvalue weighted by atomic mass is 16.1. The minimum absolute atomic E-state index is 0.0613. The van der Waals surface area contributed by atoms with Gasteiger partial charge in [-0.05, 0) is 92.7 Å². The van der Waals surface area contributed by atoms with Crippen LogP contribution in [0.1, 0.15) is 70.1 Å². The molecule has 2 aliphatic heterocycles. The molecule has 2 fully saturated rings. The lowest BCUT2D eigenvalue weighted by atomic mass is 9.92. The Morgan fingerprint density at radius 3 is 2.24 bits per heavy atom. The highest BCUT2D eigenvalue weighted by Crippen LogP contribution is 2.41. The van der Waals surface area contributed by atoms with E-state index in [0.717, 1.165) is 157 Å². The van der Waals surface area contributed by atoms with Crippen molar-refractivity contribution in [3.8, 4) is 45.3 Å². The van der Waals surface area contributed by atoms with Gasteiger partial charge in [0.25, 0.3) is 0 Å². The first-order chi connectivity index (χ1) is 34.3. The molecule has 352 valence electrons. The Labute approximate surface area is 403 Å². The van der Waals surface area contributed by atoms with E-state index < -0.39 is 0 Å². The van der Waals surface area contributed by atoms with Crippen LogP contribution in [0.2, 0.25) is 0 Å². The lowest BCUT2D eigenvalue weighted by molar-refractivity contribution is -0.118. The summed E-state index contributed by atoms with van der Waals surface area (Å²) in [5, 5.41) is 26.9. The Morgan fingerprint density at radius 1 is 0.714 bits per heavy atom. The van der Waals surface area contributed by atoms with Crippen LogP contribution < -0.4 is 20.4 Å². The molecule has 12 rings (SSSR count). The van der Waals surface area contributed by atoms with Crippen LogP contribution in [0.3, 0.4) is 0 Å². The highest BCUT2D eigenvalue weighted by molar-refractivity contribution is 6.02. The number of anilines is 3. The number of rotatable bonds is 12. The first-order valence-electron chi connectivity index (χ1n) is 24.5. The summed E-state index contributed by atoms with van der Waals surface area (Å²) in [4.78, 5) is 53.8. The summed E-state index contributed by atoms with van der Waals surface area (Å²) >= 11 is 0. The molecule has 0 aromatic carbocycles. The summed E-state index contributed by atoms with van der Waals surface area (Å²) in [7, 11) is 0. The van der Waals surface area contributed by atoms with Crippen LogP contribution in [-0.2, 0) is 11.3 Å². The van der Waals surface area contributed by atoms with Gasteiger partial charge in [-0.2, -0.15) is 10.2 Å². The van der Waals surface area contributed by atoms with Gasteiger partial charge in [0.1, 0.15) is 22.8 Å². The van der Waals surface area contributed by atoms with Gasteiger partial charge in [-0.1, -0.05) is 20.8 Å². The fraction of sp³-hybridized carbons (Fsp3) is 0.302. The van der Waals surface area contributed by atoms with Crippen LogP contribution in [0.5, 0.6) is 0 Å². The average molecular weight is 931 g/mol. The van der Waals surface area contributed by atoms with Crippen molar-refractivity contribution in [1.29, 1.82) is 0 Å². The number of carbonyl (C=O) groups excluding carboxylic acids is 1. The molecule has 1 amide bonds. The first-order valence-corrected chi connectivity index (χ1v) is 24.5. The Hall–Kier alpha value is -8.05. The molecular formula is C53H54N16O. The number of amides is 1. The quantitative estimate of drug-likeness (QED) is 0.0676. The standard InChI is InChI=1S/C53H54N16O/c1-4-54-23-31-17-33(25-55-24-31)43-22-39-49(45-20-37-40(62-45)10-12-57-51(37)68-14-6-5-7-15-68)66-67-50(39)47(63-43)32-9-8-16-69(29-32)52-38-21-44(61-41(38)11-13-58-52)48-36-19-42(59-28-46(36)64-65-48)34-18-35(27-56-26-34)60-53(70)30(2)3/h10-13,17-22,24-28,30,32,54,61-62H,4-9,14-16,23,29H2,1-3H3,(H,60,70)(H,64,65)(H,66,67). The van der Waals surface area contributed by atoms with Crippen molar-refractivity contribution in [3.05, 3.63) is 103 Å². The van der Waals surface area contributed by atoms with Crippen LogP contribution >= 0.6 is 0 Å². The molecule has 0 aliphatic carbocycles. The van der Waals surface area contributed by atoms with E-state index >= 15 is 0 Å².